The number of ether oxygens (including phenoxy) is 1. The topological polar surface area (TPSA) is 61.9 Å². The van der Waals surface area contributed by atoms with Gasteiger partial charge in [0.1, 0.15) is 12.4 Å². The molecule has 1 aliphatic heterocycles. The van der Waals surface area contributed by atoms with Gasteiger partial charge in [-0.25, -0.2) is 17.6 Å². The summed E-state index contributed by atoms with van der Waals surface area (Å²) in [5.74, 6) is -4.26. The SMILES string of the molecule is CN1CCN(CCOc2ccc(C(=O)NC3C/C(=C\c4ccc(F)c(F)c4)C(=O)/C(=C/c4ccc(F)c(F)c4)C3)cc2)CC1. The van der Waals surface area contributed by atoms with Crippen LogP contribution in [-0.2, 0) is 4.79 Å². The normalized spacial score (nSPS) is 19.8. The molecular formula is C34H33F4N3O3. The predicted octanol–water partition coefficient (Wildman–Crippen LogP) is 5.50. The third-order valence-electron chi connectivity index (χ3n) is 7.81. The molecule has 1 N–H and O–H groups in total. The molecule has 3 aromatic rings. The van der Waals surface area contributed by atoms with Crippen LogP contribution in [0.25, 0.3) is 12.2 Å². The van der Waals surface area contributed by atoms with E-state index in [0.29, 0.717) is 17.9 Å². The van der Waals surface area contributed by atoms with Crippen LogP contribution in [0.1, 0.15) is 34.3 Å². The first-order chi connectivity index (χ1) is 21.1. The molecule has 2 aliphatic rings. The molecule has 0 unspecified atom stereocenters. The summed E-state index contributed by atoms with van der Waals surface area (Å²) in [7, 11) is 2.11. The summed E-state index contributed by atoms with van der Waals surface area (Å²) in [6, 6.07) is 12.8. The van der Waals surface area contributed by atoms with Crippen molar-refractivity contribution >= 4 is 23.8 Å². The van der Waals surface area contributed by atoms with Gasteiger partial charge in [-0.05, 0) is 91.7 Å². The molecule has 1 heterocycles. The molecule has 2 fully saturated rings. The third-order valence-corrected chi connectivity index (χ3v) is 7.81. The summed E-state index contributed by atoms with van der Waals surface area (Å²) in [6.07, 6.45) is 3.14. The molecule has 1 saturated heterocycles. The van der Waals surface area contributed by atoms with Crippen molar-refractivity contribution in [1.29, 1.82) is 0 Å². The minimum Gasteiger partial charge on any atom is -0.492 e. The van der Waals surface area contributed by atoms with Crippen molar-refractivity contribution in [2.75, 3.05) is 46.4 Å². The van der Waals surface area contributed by atoms with Crippen molar-refractivity contribution in [3.63, 3.8) is 0 Å². The Morgan fingerprint density at radius 1 is 0.818 bits per heavy atom. The van der Waals surface area contributed by atoms with Gasteiger partial charge in [0.25, 0.3) is 5.91 Å². The summed E-state index contributed by atoms with van der Waals surface area (Å²) < 4.78 is 60.5. The van der Waals surface area contributed by atoms with E-state index in [-0.39, 0.29) is 46.8 Å². The number of amides is 1. The van der Waals surface area contributed by atoms with Gasteiger partial charge in [-0.15, -0.1) is 0 Å². The first-order valence-corrected chi connectivity index (χ1v) is 14.4. The molecule has 0 radical (unpaired) electrons. The Bertz CT molecular complexity index is 1510. The number of Topliss-reactive ketones (excluding diaryl/α,β-unsaturated/α-hetero) is 1. The van der Waals surface area contributed by atoms with Gasteiger partial charge in [0.05, 0.1) is 0 Å². The Labute approximate surface area is 253 Å². The Morgan fingerprint density at radius 3 is 1.89 bits per heavy atom. The van der Waals surface area contributed by atoms with Crippen LogP contribution in [0.2, 0.25) is 0 Å². The number of likely N-dealkylation sites (N-methyl/N-ethyl adjacent to an activating group) is 1. The molecule has 1 aliphatic carbocycles. The Balaban J connectivity index is 1.28. The fourth-order valence-corrected chi connectivity index (χ4v) is 5.29. The van der Waals surface area contributed by atoms with Crippen molar-refractivity contribution in [3.05, 3.63) is 112 Å². The second kappa shape index (κ2) is 14.0. The fraction of sp³-hybridized carbons (Fsp3) is 0.294. The highest BCUT2D eigenvalue weighted by Crippen LogP contribution is 2.30. The van der Waals surface area contributed by atoms with Crippen LogP contribution in [0, 0.1) is 23.3 Å². The Kier molecular flexibility index (Phi) is 9.92. The number of ketones is 1. The van der Waals surface area contributed by atoms with E-state index in [0.717, 1.165) is 57.0 Å². The van der Waals surface area contributed by atoms with E-state index in [2.05, 4.69) is 22.2 Å². The molecule has 3 aromatic carbocycles. The van der Waals surface area contributed by atoms with E-state index in [1.807, 2.05) is 0 Å². The number of benzene rings is 3. The summed E-state index contributed by atoms with van der Waals surface area (Å²) in [5.41, 5.74) is 1.45. The van der Waals surface area contributed by atoms with Crippen LogP contribution in [0.3, 0.4) is 0 Å². The molecule has 10 heteroatoms. The highest BCUT2D eigenvalue weighted by atomic mass is 19.2. The van der Waals surface area contributed by atoms with Gasteiger partial charge in [-0.3, -0.25) is 14.5 Å². The van der Waals surface area contributed by atoms with Gasteiger partial charge in [-0.2, -0.15) is 0 Å². The second-order valence-electron chi connectivity index (χ2n) is 11.1. The molecule has 1 amide bonds. The van der Waals surface area contributed by atoms with E-state index < -0.39 is 29.3 Å². The summed E-state index contributed by atoms with van der Waals surface area (Å²) in [6.45, 7) is 5.41. The van der Waals surface area contributed by atoms with Gasteiger partial charge in [-0.1, -0.05) is 12.1 Å². The largest absolute Gasteiger partial charge is 0.492 e. The van der Waals surface area contributed by atoms with Crippen molar-refractivity contribution in [3.8, 4) is 5.75 Å². The fourth-order valence-electron chi connectivity index (χ4n) is 5.29. The summed E-state index contributed by atoms with van der Waals surface area (Å²) in [5, 5.41) is 2.95. The molecule has 0 bridgehead atoms. The molecule has 0 aromatic heterocycles. The van der Waals surface area contributed by atoms with Gasteiger partial charge in [0.2, 0.25) is 0 Å². The zero-order valence-electron chi connectivity index (χ0n) is 24.3. The summed E-state index contributed by atoms with van der Waals surface area (Å²) in [4.78, 5) is 31.2. The number of nitrogens with zero attached hydrogens (tertiary/aromatic N) is 2. The number of rotatable bonds is 8. The molecule has 0 atom stereocenters. The minimum absolute atomic E-state index is 0.131. The van der Waals surface area contributed by atoms with Crippen LogP contribution in [0.15, 0.2) is 71.8 Å². The van der Waals surface area contributed by atoms with Gasteiger partial charge in [0.15, 0.2) is 29.1 Å². The second-order valence-corrected chi connectivity index (χ2v) is 11.1. The van der Waals surface area contributed by atoms with E-state index >= 15 is 0 Å². The van der Waals surface area contributed by atoms with E-state index in [1.165, 1.54) is 24.3 Å². The minimum atomic E-state index is -1.06. The van der Waals surface area contributed by atoms with Crippen LogP contribution in [-0.4, -0.2) is 73.9 Å². The van der Waals surface area contributed by atoms with Crippen molar-refractivity contribution in [2.24, 2.45) is 0 Å². The highest BCUT2D eigenvalue weighted by Gasteiger charge is 2.29. The number of halogens is 4. The smallest absolute Gasteiger partial charge is 0.251 e. The zero-order valence-corrected chi connectivity index (χ0v) is 24.3. The number of carbonyl (C=O) groups excluding carboxylic acids is 2. The van der Waals surface area contributed by atoms with Crippen LogP contribution in [0.4, 0.5) is 17.6 Å². The molecule has 5 rings (SSSR count). The van der Waals surface area contributed by atoms with E-state index in [4.69, 9.17) is 4.74 Å². The van der Waals surface area contributed by atoms with Crippen LogP contribution >= 0.6 is 0 Å². The Morgan fingerprint density at radius 2 is 1.36 bits per heavy atom. The molecule has 1 saturated carbocycles. The van der Waals surface area contributed by atoms with E-state index in [1.54, 1.807) is 24.3 Å². The molecule has 6 nitrogen and oxygen atoms in total. The van der Waals surface area contributed by atoms with E-state index in [9.17, 15) is 27.2 Å². The van der Waals surface area contributed by atoms with Gasteiger partial charge < -0.3 is 15.0 Å². The standard InChI is InChI=1S/C34H33F4N3O3/c1-40-10-12-41(13-11-40)14-15-44-28-6-4-24(5-7-28)34(43)39-27-20-25(16-22-2-8-29(35)31(37)18-22)33(42)26(21-27)17-23-3-9-30(36)32(38)19-23/h2-9,16-19,27H,10-15,20-21H2,1H3,(H,39,43)/b25-16+,26-17+. The first kappa shape index (κ1) is 31.2. The van der Waals surface area contributed by atoms with Gasteiger partial charge in [0, 0.05) is 55.5 Å². The average molecular weight is 608 g/mol. The zero-order chi connectivity index (χ0) is 31.2. The molecule has 0 spiro atoms. The van der Waals surface area contributed by atoms with Crippen molar-refractivity contribution < 1.29 is 31.9 Å². The lowest BCUT2D eigenvalue weighted by Crippen LogP contribution is -2.45. The monoisotopic (exact) mass is 607 g/mol. The molecule has 44 heavy (non-hydrogen) atoms. The maximum absolute atomic E-state index is 13.9. The number of hydrogen-bond acceptors (Lipinski definition) is 5. The maximum atomic E-state index is 13.9. The maximum Gasteiger partial charge on any atom is 0.251 e. The average Bonchev–Trinajstić information content (AvgIpc) is 3.00. The van der Waals surface area contributed by atoms with Crippen molar-refractivity contribution in [2.45, 2.75) is 18.9 Å². The third kappa shape index (κ3) is 8.00. The number of carbonyl (C=O) groups is 2. The first-order valence-electron chi connectivity index (χ1n) is 14.4. The van der Waals surface area contributed by atoms with Crippen molar-refractivity contribution in [1.82, 2.24) is 15.1 Å². The molecule has 230 valence electrons. The molecular weight excluding hydrogens is 574 g/mol. The highest BCUT2D eigenvalue weighted by molar-refractivity contribution is 6.14. The Hall–Kier alpha value is -4.28. The number of hydrogen-bond donors (Lipinski definition) is 1. The summed E-state index contributed by atoms with van der Waals surface area (Å²) >= 11 is 0. The number of nitrogens with one attached hydrogen (secondary N) is 1. The quantitative estimate of drug-likeness (QED) is 0.271. The van der Waals surface area contributed by atoms with Gasteiger partial charge >= 0.3 is 0 Å². The lowest BCUT2D eigenvalue weighted by Gasteiger charge is -2.32. The number of piperazine rings is 1. The van der Waals surface area contributed by atoms with Crippen LogP contribution in [0.5, 0.6) is 5.75 Å². The lowest BCUT2D eigenvalue weighted by atomic mass is 9.83. The lowest BCUT2D eigenvalue weighted by molar-refractivity contribution is -0.113. The van der Waals surface area contributed by atoms with Crippen LogP contribution < -0.4 is 10.1 Å². The predicted molar refractivity (Wildman–Crippen MR) is 160 cm³/mol.